The van der Waals surface area contributed by atoms with E-state index in [0.29, 0.717) is 6.04 Å². The quantitative estimate of drug-likeness (QED) is 0.362. The topological polar surface area (TPSA) is 52.1 Å². The van der Waals surface area contributed by atoms with Crippen molar-refractivity contribution in [3.8, 4) is 0 Å². The Balaban J connectivity index is 0.00000288. The lowest BCUT2D eigenvalue weighted by atomic mass is 10.1. The lowest BCUT2D eigenvalue weighted by Gasteiger charge is -2.33. The number of aliphatic imine (C=N–C) groups is 1. The molecule has 0 aromatic heterocycles. The molecule has 0 bridgehead atoms. The monoisotopic (exact) mass is 453 g/mol. The van der Waals surface area contributed by atoms with Crippen molar-refractivity contribution in [1.82, 2.24) is 20.4 Å². The van der Waals surface area contributed by atoms with Gasteiger partial charge in [0.25, 0.3) is 0 Å². The highest BCUT2D eigenvalue weighted by atomic mass is 127. The van der Waals surface area contributed by atoms with Gasteiger partial charge in [-0.2, -0.15) is 0 Å². The molecule has 0 aromatic rings. The Hall–Kier alpha value is -0.120. The molecule has 2 heterocycles. The molecule has 0 radical (unpaired) electrons. The van der Waals surface area contributed by atoms with E-state index in [9.17, 15) is 0 Å². The van der Waals surface area contributed by atoms with Crippen molar-refractivity contribution in [2.24, 2.45) is 4.99 Å². The lowest BCUT2D eigenvalue weighted by Crippen LogP contribution is -2.49. The predicted molar refractivity (Wildman–Crippen MR) is 112 cm³/mol. The van der Waals surface area contributed by atoms with Crippen LogP contribution in [0.3, 0.4) is 0 Å². The van der Waals surface area contributed by atoms with Gasteiger partial charge < -0.3 is 25.2 Å². The Morgan fingerprint density at radius 2 is 1.96 bits per heavy atom. The number of guanidine groups is 1. The summed E-state index contributed by atoms with van der Waals surface area (Å²) in [6, 6.07) is 0.538. The third-order valence-corrected chi connectivity index (χ3v) is 4.61. The molecule has 7 heteroatoms. The molecule has 2 saturated heterocycles. The zero-order valence-corrected chi connectivity index (χ0v) is 17.9. The molecule has 0 saturated carbocycles. The summed E-state index contributed by atoms with van der Waals surface area (Å²) in [6.07, 6.45) is 3.87. The Morgan fingerprint density at radius 3 is 2.58 bits per heavy atom. The van der Waals surface area contributed by atoms with E-state index in [4.69, 9.17) is 9.73 Å². The van der Waals surface area contributed by atoms with Crippen LogP contribution in [0.15, 0.2) is 4.99 Å². The summed E-state index contributed by atoms with van der Waals surface area (Å²) in [5, 5.41) is 6.99. The number of halogens is 1. The summed E-state index contributed by atoms with van der Waals surface area (Å²) in [5.74, 6) is 0.943. The standard InChI is InChI=1S/C17H35N5O.HI/c1-4-8-22-9-6-15(7-10-22)20-17(18-5-2)19-13-16-14-21(3)11-12-23-16;/h15-16H,4-14H2,1-3H3,(H2,18,19,20);1H. The van der Waals surface area contributed by atoms with Gasteiger partial charge in [0, 0.05) is 38.8 Å². The maximum absolute atomic E-state index is 5.80. The van der Waals surface area contributed by atoms with E-state index in [-0.39, 0.29) is 30.1 Å². The van der Waals surface area contributed by atoms with Crippen molar-refractivity contribution in [3.05, 3.63) is 0 Å². The van der Waals surface area contributed by atoms with E-state index in [1.54, 1.807) is 0 Å². The van der Waals surface area contributed by atoms with Gasteiger partial charge in [-0.25, -0.2) is 0 Å². The second kappa shape index (κ2) is 12.3. The molecule has 1 unspecified atom stereocenters. The number of hydrogen-bond donors (Lipinski definition) is 2. The first-order valence-electron chi connectivity index (χ1n) is 9.28. The molecule has 0 aromatic carbocycles. The SMILES string of the molecule is CCCN1CCC(NC(=NCC2CN(C)CCO2)NCC)CC1.I. The average Bonchev–Trinajstić information content (AvgIpc) is 2.55. The molecular formula is C17H36IN5O. The first-order valence-corrected chi connectivity index (χ1v) is 9.28. The number of likely N-dealkylation sites (tertiary alicyclic amines) is 1. The molecule has 2 rings (SSSR count). The average molecular weight is 453 g/mol. The number of piperidine rings is 1. The van der Waals surface area contributed by atoms with Crippen molar-refractivity contribution in [2.45, 2.75) is 45.3 Å². The van der Waals surface area contributed by atoms with Crippen LogP contribution in [0.4, 0.5) is 0 Å². The highest BCUT2D eigenvalue weighted by Crippen LogP contribution is 2.10. The van der Waals surface area contributed by atoms with Crippen LogP contribution in [0.1, 0.15) is 33.1 Å². The fraction of sp³-hybridized carbons (Fsp3) is 0.941. The summed E-state index contributed by atoms with van der Waals surface area (Å²) in [5.41, 5.74) is 0. The summed E-state index contributed by atoms with van der Waals surface area (Å²) >= 11 is 0. The number of ether oxygens (including phenoxy) is 1. The van der Waals surface area contributed by atoms with Gasteiger partial charge in [0.05, 0.1) is 19.3 Å². The Morgan fingerprint density at radius 1 is 1.21 bits per heavy atom. The Kier molecular flexibility index (Phi) is 11.2. The third-order valence-electron chi connectivity index (χ3n) is 4.61. The van der Waals surface area contributed by atoms with E-state index >= 15 is 0 Å². The van der Waals surface area contributed by atoms with E-state index in [0.717, 1.165) is 38.7 Å². The molecule has 1 atom stereocenters. The number of morpholine rings is 1. The highest BCUT2D eigenvalue weighted by molar-refractivity contribution is 14.0. The first kappa shape index (κ1) is 21.9. The minimum absolute atomic E-state index is 0. The maximum Gasteiger partial charge on any atom is 0.191 e. The van der Waals surface area contributed by atoms with Gasteiger partial charge in [-0.3, -0.25) is 4.99 Å². The van der Waals surface area contributed by atoms with Crippen LogP contribution in [-0.2, 0) is 4.74 Å². The molecule has 142 valence electrons. The molecule has 0 aliphatic carbocycles. The summed E-state index contributed by atoms with van der Waals surface area (Å²) in [7, 11) is 2.15. The Bertz CT molecular complexity index is 361. The predicted octanol–water partition coefficient (Wildman–Crippen LogP) is 1.36. The zero-order chi connectivity index (χ0) is 16.5. The van der Waals surface area contributed by atoms with Gasteiger partial charge >= 0.3 is 0 Å². The number of likely N-dealkylation sites (N-methyl/N-ethyl adjacent to an activating group) is 1. The highest BCUT2D eigenvalue weighted by Gasteiger charge is 2.20. The van der Waals surface area contributed by atoms with Gasteiger partial charge in [-0.15, -0.1) is 24.0 Å². The van der Waals surface area contributed by atoms with Crippen LogP contribution in [0, 0.1) is 0 Å². The minimum atomic E-state index is 0. The normalized spacial score (nSPS) is 24.5. The van der Waals surface area contributed by atoms with Crippen LogP contribution < -0.4 is 10.6 Å². The summed E-state index contributed by atoms with van der Waals surface area (Å²) in [6.45, 7) is 12.4. The zero-order valence-electron chi connectivity index (χ0n) is 15.6. The summed E-state index contributed by atoms with van der Waals surface area (Å²) in [4.78, 5) is 9.63. The molecule has 6 nitrogen and oxygen atoms in total. The van der Waals surface area contributed by atoms with Crippen molar-refractivity contribution in [1.29, 1.82) is 0 Å². The molecular weight excluding hydrogens is 417 g/mol. The van der Waals surface area contributed by atoms with Crippen molar-refractivity contribution in [2.75, 3.05) is 59.5 Å². The van der Waals surface area contributed by atoms with Gasteiger partial charge in [-0.1, -0.05) is 6.92 Å². The number of nitrogens with one attached hydrogen (secondary N) is 2. The van der Waals surface area contributed by atoms with Crippen LogP contribution in [0.5, 0.6) is 0 Å². The van der Waals surface area contributed by atoms with E-state index in [1.807, 2.05) is 0 Å². The smallest absolute Gasteiger partial charge is 0.191 e. The van der Waals surface area contributed by atoms with E-state index < -0.39 is 0 Å². The first-order chi connectivity index (χ1) is 11.2. The van der Waals surface area contributed by atoms with Crippen LogP contribution in [0.25, 0.3) is 0 Å². The minimum Gasteiger partial charge on any atom is -0.374 e. The van der Waals surface area contributed by atoms with Crippen LogP contribution in [0.2, 0.25) is 0 Å². The number of nitrogens with zero attached hydrogens (tertiary/aromatic N) is 3. The van der Waals surface area contributed by atoms with E-state index in [1.165, 1.54) is 38.9 Å². The lowest BCUT2D eigenvalue weighted by molar-refractivity contribution is -0.0136. The van der Waals surface area contributed by atoms with Crippen LogP contribution >= 0.6 is 24.0 Å². The number of hydrogen-bond acceptors (Lipinski definition) is 4. The van der Waals surface area contributed by atoms with Crippen molar-refractivity contribution in [3.63, 3.8) is 0 Å². The maximum atomic E-state index is 5.80. The molecule has 2 fully saturated rings. The van der Waals surface area contributed by atoms with Gasteiger partial charge in [0.2, 0.25) is 0 Å². The van der Waals surface area contributed by atoms with Crippen molar-refractivity contribution >= 4 is 29.9 Å². The Labute approximate surface area is 164 Å². The molecule has 2 aliphatic rings. The number of rotatable bonds is 6. The van der Waals surface area contributed by atoms with Crippen molar-refractivity contribution < 1.29 is 4.74 Å². The van der Waals surface area contributed by atoms with Crippen LogP contribution in [-0.4, -0.2) is 87.4 Å². The third kappa shape index (κ3) is 7.84. The summed E-state index contributed by atoms with van der Waals surface area (Å²) < 4.78 is 5.80. The second-order valence-corrected chi connectivity index (χ2v) is 6.73. The second-order valence-electron chi connectivity index (χ2n) is 6.73. The molecule has 0 spiro atoms. The fourth-order valence-electron chi connectivity index (χ4n) is 3.30. The fourth-order valence-corrected chi connectivity index (χ4v) is 3.30. The largest absolute Gasteiger partial charge is 0.374 e. The van der Waals surface area contributed by atoms with Gasteiger partial charge in [0.1, 0.15) is 0 Å². The molecule has 24 heavy (non-hydrogen) atoms. The van der Waals surface area contributed by atoms with E-state index in [2.05, 4.69) is 41.3 Å². The van der Waals surface area contributed by atoms with Gasteiger partial charge in [0.15, 0.2) is 5.96 Å². The molecule has 2 aliphatic heterocycles. The molecule has 2 N–H and O–H groups in total. The molecule has 0 amide bonds. The van der Waals surface area contributed by atoms with Gasteiger partial charge in [-0.05, 0) is 39.8 Å².